The van der Waals surface area contributed by atoms with Crippen molar-refractivity contribution in [1.29, 1.82) is 0 Å². The standard InChI is InChI=1S/C25H21ClF2N4O3S.Na/c26-17-9-8-16-23(21(17)28)32(14-11-30-31(12-14)10-2-5-19(29)33)22(13-6-7-13)24(16)36-18-4-1-3-15(20(18)27)25(34)35;/h1,3-4,8-9,11-13H,2,5-7,10H2,(H2,29,33)(H,34,35);. The number of amides is 1. The van der Waals surface area contributed by atoms with E-state index in [9.17, 15) is 14.7 Å². The maximum absolute atomic E-state index is 15.5. The van der Waals surface area contributed by atoms with Gasteiger partial charge in [0.25, 0.3) is 0 Å². The van der Waals surface area contributed by atoms with Gasteiger partial charge in [-0.2, -0.15) is 5.10 Å². The Balaban J connectivity index is 0.00000320. The van der Waals surface area contributed by atoms with E-state index in [4.69, 9.17) is 17.3 Å². The molecule has 1 aliphatic carbocycles. The molecule has 0 unspecified atom stereocenters. The van der Waals surface area contributed by atoms with Crippen LogP contribution in [0.3, 0.4) is 0 Å². The van der Waals surface area contributed by atoms with Crippen LogP contribution in [0.25, 0.3) is 16.6 Å². The van der Waals surface area contributed by atoms with E-state index in [2.05, 4.69) is 5.10 Å². The first-order chi connectivity index (χ1) is 17.3. The number of carboxylic acid groups (broad SMARTS) is 1. The van der Waals surface area contributed by atoms with E-state index in [0.717, 1.165) is 30.3 Å². The van der Waals surface area contributed by atoms with Crippen LogP contribution in [0.5, 0.6) is 0 Å². The maximum atomic E-state index is 15.5. The minimum Gasteiger partial charge on any atom is -0.478 e. The predicted octanol–water partition coefficient (Wildman–Crippen LogP) is 5.37. The van der Waals surface area contributed by atoms with E-state index >= 15 is 8.78 Å². The third-order valence-electron chi connectivity index (χ3n) is 6.07. The molecule has 0 atom stereocenters. The van der Waals surface area contributed by atoms with Crippen molar-refractivity contribution in [2.45, 2.75) is 47.9 Å². The van der Waals surface area contributed by atoms with Gasteiger partial charge in [0.1, 0.15) is 0 Å². The van der Waals surface area contributed by atoms with Gasteiger partial charge >= 0.3 is 5.97 Å². The number of aromatic carboxylic acids is 1. The predicted molar refractivity (Wildman–Crippen MR) is 138 cm³/mol. The Hall–Kier alpha value is -2.37. The molecule has 1 saturated carbocycles. The average molecular weight is 554 g/mol. The summed E-state index contributed by atoms with van der Waals surface area (Å²) in [5, 5.41) is 14.2. The number of hydrogen-bond donors (Lipinski definition) is 2. The summed E-state index contributed by atoms with van der Waals surface area (Å²) in [4.78, 5) is 23.3. The van der Waals surface area contributed by atoms with Crippen LogP contribution in [0, 0.1) is 11.6 Å². The number of carbonyl (C=O) groups excluding carboxylic acids is 1. The third kappa shape index (κ3) is 5.44. The summed E-state index contributed by atoms with van der Waals surface area (Å²) in [5.41, 5.74) is 6.45. The molecule has 37 heavy (non-hydrogen) atoms. The zero-order valence-electron chi connectivity index (χ0n) is 19.9. The summed E-state index contributed by atoms with van der Waals surface area (Å²) >= 11 is 7.24. The Kier molecular flexibility index (Phi) is 8.35. The molecule has 1 fully saturated rings. The van der Waals surface area contributed by atoms with Crippen LogP contribution < -0.4 is 5.73 Å². The van der Waals surface area contributed by atoms with Crippen molar-refractivity contribution < 1.29 is 23.5 Å². The summed E-state index contributed by atoms with van der Waals surface area (Å²) in [5.74, 6) is -3.09. The molecule has 1 radical (unpaired) electrons. The van der Waals surface area contributed by atoms with Gasteiger partial charge in [-0.3, -0.25) is 9.48 Å². The number of benzene rings is 2. The van der Waals surface area contributed by atoms with Crippen molar-refractivity contribution in [3.8, 4) is 5.69 Å². The Morgan fingerprint density at radius 3 is 2.62 bits per heavy atom. The van der Waals surface area contributed by atoms with Crippen LogP contribution in [-0.2, 0) is 11.3 Å². The number of hydrogen-bond acceptors (Lipinski definition) is 4. The van der Waals surface area contributed by atoms with Crippen molar-refractivity contribution in [3.05, 3.63) is 70.6 Å². The smallest absolute Gasteiger partial charge is 0.338 e. The topological polar surface area (TPSA) is 103 Å². The SMILES string of the molecule is NC(=O)CCCn1cc(-n2c(C3CC3)c(Sc3cccc(C(=O)O)c3F)c3ccc(Cl)c(F)c32)cn1.[Na]. The molecule has 0 saturated heterocycles. The normalized spacial score (nSPS) is 13.1. The molecular formula is C25H21ClF2N4NaO3S. The number of aromatic nitrogens is 3. The Morgan fingerprint density at radius 1 is 1.19 bits per heavy atom. The van der Waals surface area contributed by atoms with E-state index < -0.39 is 29.1 Å². The first-order valence-corrected chi connectivity index (χ1v) is 12.5. The molecule has 0 aliphatic heterocycles. The van der Waals surface area contributed by atoms with Crippen molar-refractivity contribution in [1.82, 2.24) is 14.3 Å². The van der Waals surface area contributed by atoms with Crippen LogP contribution in [0.1, 0.15) is 47.7 Å². The van der Waals surface area contributed by atoms with Crippen LogP contribution in [0.4, 0.5) is 8.78 Å². The summed E-state index contributed by atoms with van der Waals surface area (Å²) in [7, 11) is 0. The molecule has 7 nitrogen and oxygen atoms in total. The zero-order chi connectivity index (χ0) is 25.6. The van der Waals surface area contributed by atoms with Gasteiger partial charge in [-0.1, -0.05) is 29.4 Å². The van der Waals surface area contributed by atoms with Gasteiger partial charge in [0.2, 0.25) is 5.91 Å². The van der Waals surface area contributed by atoms with Gasteiger partial charge in [0, 0.05) is 75.5 Å². The summed E-state index contributed by atoms with van der Waals surface area (Å²) in [6.07, 6.45) is 5.86. The number of rotatable bonds is 9. The molecule has 2 aromatic heterocycles. The fourth-order valence-electron chi connectivity index (χ4n) is 4.27. The summed E-state index contributed by atoms with van der Waals surface area (Å²) < 4.78 is 34.0. The number of carbonyl (C=O) groups is 2. The Bertz CT molecular complexity index is 1520. The van der Waals surface area contributed by atoms with E-state index in [1.807, 2.05) is 0 Å². The van der Waals surface area contributed by atoms with E-state index in [1.165, 1.54) is 24.3 Å². The first kappa shape index (κ1) is 27.7. The fourth-order valence-corrected chi connectivity index (χ4v) is 5.63. The second-order valence-electron chi connectivity index (χ2n) is 8.64. The van der Waals surface area contributed by atoms with Gasteiger partial charge in [0.15, 0.2) is 11.6 Å². The molecule has 187 valence electrons. The Labute approximate surface area is 242 Å². The molecule has 5 rings (SSSR count). The van der Waals surface area contributed by atoms with Crippen molar-refractivity contribution in [2.75, 3.05) is 0 Å². The number of nitrogens with zero attached hydrogens (tertiary/aromatic N) is 3. The van der Waals surface area contributed by atoms with Gasteiger partial charge in [-0.25, -0.2) is 13.6 Å². The molecule has 2 heterocycles. The van der Waals surface area contributed by atoms with Gasteiger partial charge < -0.3 is 15.4 Å². The molecule has 0 spiro atoms. The second kappa shape index (κ2) is 11.2. The van der Waals surface area contributed by atoms with E-state index in [-0.39, 0.29) is 57.3 Å². The van der Waals surface area contributed by atoms with Gasteiger partial charge in [-0.05, 0) is 43.5 Å². The van der Waals surface area contributed by atoms with E-state index in [0.29, 0.717) is 28.9 Å². The fraction of sp³-hybridized carbons (Fsp3) is 0.240. The average Bonchev–Trinajstić information content (AvgIpc) is 3.47. The van der Waals surface area contributed by atoms with Gasteiger partial charge in [-0.15, -0.1) is 0 Å². The Morgan fingerprint density at radius 2 is 1.95 bits per heavy atom. The summed E-state index contributed by atoms with van der Waals surface area (Å²) in [6, 6.07) is 7.36. The molecule has 1 aliphatic rings. The van der Waals surface area contributed by atoms with Crippen LogP contribution in [0.2, 0.25) is 5.02 Å². The molecule has 4 aromatic rings. The van der Waals surface area contributed by atoms with Crippen molar-refractivity contribution in [3.63, 3.8) is 0 Å². The number of carboxylic acids is 1. The van der Waals surface area contributed by atoms with Crippen LogP contribution >= 0.6 is 23.4 Å². The monoisotopic (exact) mass is 553 g/mol. The summed E-state index contributed by atoms with van der Waals surface area (Å²) in [6.45, 7) is 0.457. The number of primary amides is 1. The van der Waals surface area contributed by atoms with Crippen molar-refractivity contribution in [2.24, 2.45) is 5.73 Å². The number of halogens is 3. The minimum atomic E-state index is -1.36. The molecule has 1 amide bonds. The van der Waals surface area contributed by atoms with Crippen LogP contribution in [-0.4, -0.2) is 60.9 Å². The number of fused-ring (bicyclic) bond motifs is 1. The molecule has 3 N–H and O–H groups in total. The van der Waals surface area contributed by atoms with Gasteiger partial charge in [0.05, 0.1) is 28.0 Å². The molecule has 12 heteroatoms. The maximum Gasteiger partial charge on any atom is 0.338 e. The second-order valence-corrected chi connectivity index (χ2v) is 10.1. The molecule has 0 bridgehead atoms. The molecule has 2 aromatic carbocycles. The number of nitrogens with two attached hydrogens (primary N) is 1. The van der Waals surface area contributed by atoms with E-state index in [1.54, 1.807) is 27.7 Å². The third-order valence-corrected chi connectivity index (χ3v) is 7.53. The van der Waals surface area contributed by atoms with Crippen molar-refractivity contribution >= 4 is 75.7 Å². The molecular weight excluding hydrogens is 533 g/mol. The minimum absolute atomic E-state index is 0. The largest absolute Gasteiger partial charge is 0.478 e. The number of aryl methyl sites for hydroxylation is 1. The zero-order valence-corrected chi connectivity index (χ0v) is 23.5. The quantitative estimate of drug-likeness (QED) is 0.271. The van der Waals surface area contributed by atoms with Crippen LogP contribution in [0.15, 0.2) is 52.5 Å². The first-order valence-electron chi connectivity index (χ1n) is 11.3.